The molecule has 1 unspecified atom stereocenters. The number of carboxylic acid groups (broad SMARTS) is 1. The van der Waals surface area contributed by atoms with Gasteiger partial charge in [-0.25, -0.2) is 4.79 Å². The van der Waals surface area contributed by atoms with E-state index in [1.165, 1.54) is 16.8 Å². The highest BCUT2D eigenvalue weighted by atomic mass is 16.4. The van der Waals surface area contributed by atoms with Gasteiger partial charge in [0.2, 0.25) is 0 Å². The van der Waals surface area contributed by atoms with Crippen LogP contribution in [0.2, 0.25) is 0 Å². The number of hydrogen-bond acceptors (Lipinski definition) is 6. The smallest absolute Gasteiger partial charge is 0.319 e. The molecule has 32 heavy (non-hydrogen) atoms. The summed E-state index contributed by atoms with van der Waals surface area (Å²) in [6, 6.07) is 11.7. The van der Waals surface area contributed by atoms with Crippen molar-refractivity contribution in [1.29, 1.82) is 0 Å². The number of nitrogens with zero attached hydrogens (tertiary/aromatic N) is 2. The Morgan fingerprint density at radius 3 is 2.50 bits per heavy atom. The lowest BCUT2D eigenvalue weighted by molar-refractivity contribution is -0.137. The summed E-state index contributed by atoms with van der Waals surface area (Å²) in [6.07, 6.45) is 2.61. The van der Waals surface area contributed by atoms with Crippen LogP contribution in [-0.2, 0) is 17.9 Å². The van der Waals surface area contributed by atoms with Gasteiger partial charge in [0.15, 0.2) is 5.69 Å². The summed E-state index contributed by atoms with van der Waals surface area (Å²) in [7, 11) is 0. The molecule has 10 heteroatoms. The molecule has 2 heterocycles. The van der Waals surface area contributed by atoms with Crippen molar-refractivity contribution < 1.29 is 19.8 Å². The van der Waals surface area contributed by atoms with Crippen LogP contribution in [0.5, 0.6) is 5.75 Å². The predicted molar refractivity (Wildman–Crippen MR) is 117 cm³/mol. The van der Waals surface area contributed by atoms with Crippen LogP contribution < -0.4 is 21.9 Å². The molecule has 1 aromatic carbocycles. The standard InChI is InChI=1S/C22H23N5O5/c23-12-14-4-6-15(7-5-14)17(11-19(29)30)25-22(32)26-20-18(28)8-10-27(21(20)31)13-16-3-1-2-9-24-16/h1-10,17,28H,11-13,23H2,(H,29,30)(H2,25,26,32). The fourth-order valence-corrected chi connectivity index (χ4v) is 3.09. The summed E-state index contributed by atoms with van der Waals surface area (Å²) in [6.45, 7) is 0.473. The van der Waals surface area contributed by atoms with E-state index in [1.54, 1.807) is 48.7 Å². The Labute approximate surface area is 183 Å². The lowest BCUT2D eigenvalue weighted by Crippen LogP contribution is -2.36. The molecule has 2 amide bonds. The number of aliphatic carboxylic acids is 1. The molecular weight excluding hydrogens is 414 g/mol. The first-order valence-electron chi connectivity index (χ1n) is 9.78. The normalized spacial score (nSPS) is 11.5. The first kappa shape index (κ1) is 22.5. The molecule has 2 aromatic heterocycles. The molecule has 0 radical (unpaired) electrons. The van der Waals surface area contributed by atoms with Crippen molar-refractivity contribution >= 4 is 17.7 Å². The van der Waals surface area contributed by atoms with Gasteiger partial charge in [0, 0.05) is 18.9 Å². The number of anilines is 1. The average Bonchev–Trinajstić information content (AvgIpc) is 2.78. The van der Waals surface area contributed by atoms with Crippen molar-refractivity contribution in [3.8, 4) is 5.75 Å². The van der Waals surface area contributed by atoms with Gasteiger partial charge in [-0.15, -0.1) is 0 Å². The SMILES string of the molecule is NCc1ccc(C(CC(=O)O)NC(=O)Nc2c(O)ccn(Cc3ccccn3)c2=O)cc1. The quantitative estimate of drug-likeness (QED) is 0.359. The lowest BCUT2D eigenvalue weighted by atomic mass is 10.0. The van der Waals surface area contributed by atoms with Gasteiger partial charge in [0.1, 0.15) is 5.75 Å². The van der Waals surface area contributed by atoms with E-state index in [4.69, 9.17) is 5.73 Å². The van der Waals surface area contributed by atoms with E-state index < -0.39 is 29.4 Å². The summed E-state index contributed by atoms with van der Waals surface area (Å²) in [4.78, 5) is 40.8. The van der Waals surface area contributed by atoms with Gasteiger partial charge in [0.25, 0.3) is 5.56 Å². The zero-order valence-electron chi connectivity index (χ0n) is 17.1. The fraction of sp³-hybridized carbons (Fsp3) is 0.182. The van der Waals surface area contributed by atoms with E-state index in [9.17, 15) is 24.6 Å². The third-order valence-corrected chi connectivity index (χ3v) is 4.74. The van der Waals surface area contributed by atoms with Crippen LogP contribution in [-0.4, -0.2) is 31.8 Å². The first-order chi connectivity index (χ1) is 15.4. The minimum absolute atomic E-state index is 0.144. The Morgan fingerprint density at radius 1 is 1.12 bits per heavy atom. The molecule has 0 saturated heterocycles. The van der Waals surface area contributed by atoms with E-state index >= 15 is 0 Å². The van der Waals surface area contributed by atoms with Crippen LogP contribution in [0, 0.1) is 0 Å². The third-order valence-electron chi connectivity index (χ3n) is 4.74. The van der Waals surface area contributed by atoms with Crippen molar-refractivity contribution in [2.24, 2.45) is 5.73 Å². The number of aromatic nitrogens is 2. The monoisotopic (exact) mass is 437 g/mol. The summed E-state index contributed by atoms with van der Waals surface area (Å²) in [5.41, 5.74) is 6.66. The van der Waals surface area contributed by atoms with E-state index in [1.807, 2.05) is 0 Å². The molecule has 0 spiro atoms. The molecule has 3 rings (SSSR count). The zero-order chi connectivity index (χ0) is 23.1. The van der Waals surface area contributed by atoms with Crippen LogP contribution in [0.1, 0.15) is 29.3 Å². The Kier molecular flexibility index (Phi) is 7.19. The van der Waals surface area contributed by atoms with Gasteiger partial charge >= 0.3 is 12.0 Å². The van der Waals surface area contributed by atoms with Crippen molar-refractivity contribution in [2.45, 2.75) is 25.6 Å². The van der Waals surface area contributed by atoms with E-state index in [0.29, 0.717) is 17.8 Å². The van der Waals surface area contributed by atoms with Gasteiger partial charge in [-0.2, -0.15) is 0 Å². The molecule has 0 saturated carbocycles. The average molecular weight is 437 g/mol. The molecule has 0 fully saturated rings. The zero-order valence-corrected chi connectivity index (χ0v) is 17.1. The first-order valence-corrected chi connectivity index (χ1v) is 9.78. The maximum Gasteiger partial charge on any atom is 0.319 e. The Hall–Kier alpha value is -4.18. The largest absolute Gasteiger partial charge is 0.505 e. The molecule has 3 aromatic rings. The number of amides is 2. The molecule has 10 nitrogen and oxygen atoms in total. The summed E-state index contributed by atoms with van der Waals surface area (Å²) in [5.74, 6) is -1.53. The fourth-order valence-electron chi connectivity index (χ4n) is 3.09. The van der Waals surface area contributed by atoms with Gasteiger partial charge in [-0.05, 0) is 29.3 Å². The summed E-state index contributed by atoms with van der Waals surface area (Å²) >= 11 is 0. The minimum Gasteiger partial charge on any atom is -0.505 e. The summed E-state index contributed by atoms with van der Waals surface area (Å²) < 4.78 is 1.29. The van der Waals surface area contributed by atoms with Gasteiger partial charge < -0.3 is 31.1 Å². The highest BCUT2D eigenvalue weighted by molar-refractivity contribution is 5.91. The minimum atomic E-state index is -1.11. The van der Waals surface area contributed by atoms with E-state index in [0.717, 1.165) is 5.56 Å². The van der Waals surface area contributed by atoms with Crippen LogP contribution >= 0.6 is 0 Å². The molecule has 0 bridgehead atoms. The van der Waals surface area contributed by atoms with Crippen molar-refractivity contribution in [1.82, 2.24) is 14.9 Å². The topological polar surface area (TPSA) is 160 Å². The van der Waals surface area contributed by atoms with Gasteiger partial charge in [-0.1, -0.05) is 30.3 Å². The third kappa shape index (κ3) is 5.70. The molecule has 166 valence electrons. The highest BCUT2D eigenvalue weighted by Gasteiger charge is 2.20. The second-order valence-electron chi connectivity index (χ2n) is 7.02. The van der Waals surface area contributed by atoms with Crippen molar-refractivity contribution in [3.63, 3.8) is 0 Å². The molecular formula is C22H23N5O5. The number of benzene rings is 1. The summed E-state index contributed by atoms with van der Waals surface area (Å²) in [5, 5.41) is 24.2. The van der Waals surface area contributed by atoms with Crippen LogP contribution in [0.25, 0.3) is 0 Å². The van der Waals surface area contributed by atoms with E-state index in [-0.39, 0.29) is 18.7 Å². The maximum absolute atomic E-state index is 12.8. The molecule has 0 aliphatic heterocycles. The second kappa shape index (κ2) is 10.2. The second-order valence-corrected chi connectivity index (χ2v) is 7.02. The van der Waals surface area contributed by atoms with E-state index in [2.05, 4.69) is 15.6 Å². The van der Waals surface area contributed by atoms with Crippen LogP contribution in [0.4, 0.5) is 10.5 Å². The number of aromatic hydroxyl groups is 1. The Balaban J connectivity index is 1.79. The van der Waals surface area contributed by atoms with Gasteiger partial charge in [0.05, 0.1) is 24.7 Å². The number of nitrogens with one attached hydrogen (secondary N) is 2. The number of urea groups is 1. The number of pyridine rings is 2. The van der Waals surface area contributed by atoms with Crippen molar-refractivity contribution in [3.05, 3.63) is 88.1 Å². The Bertz CT molecular complexity index is 1150. The number of hydrogen-bond donors (Lipinski definition) is 5. The molecule has 0 aliphatic carbocycles. The molecule has 1 atom stereocenters. The predicted octanol–water partition coefficient (Wildman–Crippen LogP) is 1.79. The molecule has 6 N–H and O–H groups in total. The Morgan fingerprint density at radius 2 is 1.88 bits per heavy atom. The number of carbonyl (C=O) groups is 2. The lowest BCUT2D eigenvalue weighted by Gasteiger charge is -2.19. The van der Waals surface area contributed by atoms with Crippen LogP contribution in [0.3, 0.4) is 0 Å². The maximum atomic E-state index is 12.8. The van der Waals surface area contributed by atoms with Crippen LogP contribution in [0.15, 0.2) is 65.7 Å². The number of carbonyl (C=O) groups excluding carboxylic acids is 1. The van der Waals surface area contributed by atoms with Crippen molar-refractivity contribution in [2.75, 3.05) is 5.32 Å². The highest BCUT2D eigenvalue weighted by Crippen LogP contribution is 2.20. The number of rotatable bonds is 8. The number of carboxylic acids is 1. The molecule has 0 aliphatic rings. The number of nitrogens with two attached hydrogens (primary N) is 1. The van der Waals surface area contributed by atoms with Gasteiger partial charge in [-0.3, -0.25) is 14.6 Å².